The maximum absolute atomic E-state index is 13.4. The van der Waals surface area contributed by atoms with E-state index < -0.39 is 6.04 Å². The zero-order chi connectivity index (χ0) is 18.1. The minimum Gasteiger partial charge on any atom is -0.366 e. The molecule has 7 heteroatoms. The lowest BCUT2D eigenvalue weighted by atomic mass is 10.0. The zero-order valence-electron chi connectivity index (χ0n) is 14.7. The smallest absolute Gasteiger partial charge is 0.252 e. The standard InChI is InChI=1S/C19H22N4O3/c1-13-18(19(25)22-9-5-8-15-16(22)10-20-21-15)23(17(24)12-26-13)11-14-6-3-2-4-7-14/h2-4,6-7,10,13,18H,5,8-9,11-12H2,1H3,(H,20,21)/t13-,18+/m1/s1. The summed E-state index contributed by atoms with van der Waals surface area (Å²) in [6.45, 7) is 2.89. The number of hydrogen-bond donors (Lipinski definition) is 1. The average molecular weight is 354 g/mol. The highest BCUT2D eigenvalue weighted by atomic mass is 16.5. The lowest BCUT2D eigenvalue weighted by Gasteiger charge is -2.41. The Morgan fingerprint density at radius 1 is 1.35 bits per heavy atom. The van der Waals surface area contributed by atoms with Gasteiger partial charge < -0.3 is 14.5 Å². The molecule has 0 aliphatic carbocycles. The van der Waals surface area contributed by atoms with Gasteiger partial charge in [-0.25, -0.2) is 0 Å². The molecule has 0 radical (unpaired) electrons. The second kappa shape index (κ2) is 6.92. The van der Waals surface area contributed by atoms with Gasteiger partial charge in [-0.15, -0.1) is 0 Å². The molecule has 2 aliphatic heterocycles. The van der Waals surface area contributed by atoms with Gasteiger partial charge in [0.1, 0.15) is 12.6 Å². The molecule has 2 aliphatic rings. The Morgan fingerprint density at radius 2 is 2.15 bits per heavy atom. The molecule has 1 saturated heterocycles. The third-order valence-corrected chi connectivity index (χ3v) is 5.08. The number of fused-ring (bicyclic) bond motifs is 1. The van der Waals surface area contributed by atoms with Crippen LogP contribution in [-0.2, 0) is 27.3 Å². The number of rotatable bonds is 3. The number of morpholine rings is 1. The van der Waals surface area contributed by atoms with Crippen LogP contribution in [0.15, 0.2) is 36.5 Å². The Kier molecular flexibility index (Phi) is 4.46. The number of aryl methyl sites for hydroxylation is 1. The minimum atomic E-state index is -0.641. The van der Waals surface area contributed by atoms with Gasteiger partial charge in [-0.2, -0.15) is 5.10 Å². The Bertz CT molecular complexity index is 804. The predicted molar refractivity (Wildman–Crippen MR) is 95.5 cm³/mol. The van der Waals surface area contributed by atoms with E-state index in [1.807, 2.05) is 37.3 Å². The van der Waals surface area contributed by atoms with E-state index in [1.165, 1.54) is 0 Å². The first-order valence-electron chi connectivity index (χ1n) is 8.94. The monoisotopic (exact) mass is 354 g/mol. The van der Waals surface area contributed by atoms with Gasteiger partial charge in [0.2, 0.25) is 5.91 Å². The summed E-state index contributed by atoms with van der Waals surface area (Å²) < 4.78 is 5.59. The molecule has 2 amide bonds. The van der Waals surface area contributed by atoms with Crippen molar-refractivity contribution in [3.63, 3.8) is 0 Å². The fourth-order valence-corrected chi connectivity index (χ4v) is 3.73. The predicted octanol–water partition coefficient (Wildman–Crippen LogP) is 1.50. The van der Waals surface area contributed by atoms with Crippen LogP contribution < -0.4 is 4.90 Å². The SMILES string of the molecule is C[C@H]1OCC(=O)N(Cc2ccccc2)[C@@H]1C(=O)N1CCCc2[nH]ncc21. The highest BCUT2D eigenvalue weighted by molar-refractivity contribution is 6.00. The summed E-state index contributed by atoms with van der Waals surface area (Å²) >= 11 is 0. The molecule has 0 unspecified atom stereocenters. The first-order chi connectivity index (χ1) is 12.6. The summed E-state index contributed by atoms with van der Waals surface area (Å²) in [6.07, 6.45) is 3.07. The van der Waals surface area contributed by atoms with Crippen LogP contribution in [0.25, 0.3) is 0 Å². The van der Waals surface area contributed by atoms with E-state index in [0.717, 1.165) is 29.8 Å². The summed E-state index contributed by atoms with van der Waals surface area (Å²) in [5.41, 5.74) is 2.77. The van der Waals surface area contributed by atoms with Crippen LogP contribution in [0.2, 0.25) is 0 Å². The molecule has 0 saturated carbocycles. The Balaban J connectivity index is 1.63. The Hall–Kier alpha value is -2.67. The molecule has 2 atom stereocenters. The normalized spacial score (nSPS) is 23.0. The molecule has 26 heavy (non-hydrogen) atoms. The number of benzene rings is 1. The van der Waals surface area contributed by atoms with E-state index >= 15 is 0 Å². The number of carbonyl (C=O) groups excluding carboxylic acids is 2. The van der Waals surface area contributed by atoms with Crippen molar-refractivity contribution in [3.05, 3.63) is 47.8 Å². The summed E-state index contributed by atoms with van der Waals surface area (Å²) in [4.78, 5) is 29.3. The van der Waals surface area contributed by atoms with Gasteiger partial charge in [0, 0.05) is 13.1 Å². The van der Waals surface area contributed by atoms with Crippen LogP contribution in [-0.4, -0.2) is 52.2 Å². The highest BCUT2D eigenvalue weighted by Crippen LogP contribution is 2.28. The van der Waals surface area contributed by atoms with Gasteiger partial charge in [-0.1, -0.05) is 30.3 Å². The van der Waals surface area contributed by atoms with Gasteiger partial charge in [0.15, 0.2) is 0 Å². The third kappa shape index (κ3) is 2.99. The van der Waals surface area contributed by atoms with Crippen molar-refractivity contribution in [2.75, 3.05) is 18.1 Å². The third-order valence-electron chi connectivity index (χ3n) is 5.08. The number of nitrogens with one attached hydrogen (secondary N) is 1. The van der Waals surface area contributed by atoms with Crippen molar-refractivity contribution in [2.45, 2.75) is 38.5 Å². The summed E-state index contributed by atoms with van der Waals surface area (Å²) in [5, 5.41) is 7.03. The number of aromatic nitrogens is 2. The molecule has 136 valence electrons. The van der Waals surface area contributed by atoms with Crippen LogP contribution in [0.3, 0.4) is 0 Å². The number of nitrogens with zero attached hydrogens (tertiary/aromatic N) is 3. The van der Waals surface area contributed by atoms with E-state index in [9.17, 15) is 9.59 Å². The summed E-state index contributed by atoms with van der Waals surface area (Å²) in [7, 11) is 0. The van der Waals surface area contributed by atoms with Gasteiger partial charge in [-0.3, -0.25) is 14.7 Å². The van der Waals surface area contributed by atoms with Gasteiger partial charge in [0.05, 0.1) is 23.7 Å². The van der Waals surface area contributed by atoms with Gasteiger partial charge in [0.25, 0.3) is 5.91 Å². The lowest BCUT2D eigenvalue weighted by molar-refractivity contribution is -0.162. The van der Waals surface area contributed by atoms with E-state index in [4.69, 9.17) is 4.74 Å². The second-order valence-corrected chi connectivity index (χ2v) is 6.80. The second-order valence-electron chi connectivity index (χ2n) is 6.80. The molecule has 3 heterocycles. The maximum Gasteiger partial charge on any atom is 0.252 e. The molecule has 4 rings (SSSR count). The zero-order valence-corrected chi connectivity index (χ0v) is 14.7. The largest absolute Gasteiger partial charge is 0.366 e. The molecule has 0 bridgehead atoms. The summed E-state index contributed by atoms with van der Waals surface area (Å²) in [6, 6.07) is 9.08. The van der Waals surface area contributed by atoms with Crippen LogP contribution in [0, 0.1) is 0 Å². The number of aromatic amines is 1. The van der Waals surface area contributed by atoms with Crippen molar-refractivity contribution in [1.82, 2.24) is 15.1 Å². The number of hydrogen-bond acceptors (Lipinski definition) is 4. The van der Waals surface area contributed by atoms with Crippen molar-refractivity contribution in [3.8, 4) is 0 Å². The molecular formula is C19H22N4O3. The summed E-state index contributed by atoms with van der Waals surface area (Å²) in [5.74, 6) is -0.265. The van der Waals surface area contributed by atoms with Crippen molar-refractivity contribution >= 4 is 17.5 Å². The number of carbonyl (C=O) groups is 2. The first-order valence-corrected chi connectivity index (χ1v) is 8.94. The number of amides is 2. The van der Waals surface area contributed by atoms with E-state index in [1.54, 1.807) is 16.0 Å². The van der Waals surface area contributed by atoms with Gasteiger partial charge >= 0.3 is 0 Å². The van der Waals surface area contributed by atoms with E-state index in [-0.39, 0.29) is 24.5 Å². The van der Waals surface area contributed by atoms with Crippen LogP contribution in [0.4, 0.5) is 5.69 Å². The molecule has 1 aromatic carbocycles. The topological polar surface area (TPSA) is 78.5 Å². The molecule has 1 N–H and O–H groups in total. The molecule has 0 spiro atoms. The fourth-order valence-electron chi connectivity index (χ4n) is 3.73. The van der Waals surface area contributed by atoms with Crippen molar-refractivity contribution < 1.29 is 14.3 Å². The molecular weight excluding hydrogens is 332 g/mol. The highest BCUT2D eigenvalue weighted by Gasteiger charge is 2.42. The lowest BCUT2D eigenvalue weighted by Crippen LogP contribution is -2.60. The first kappa shape index (κ1) is 16.8. The molecule has 7 nitrogen and oxygen atoms in total. The quantitative estimate of drug-likeness (QED) is 0.906. The average Bonchev–Trinajstić information content (AvgIpc) is 3.14. The maximum atomic E-state index is 13.4. The van der Waals surface area contributed by atoms with Crippen LogP contribution in [0.1, 0.15) is 24.6 Å². The molecule has 1 aromatic heterocycles. The van der Waals surface area contributed by atoms with Crippen molar-refractivity contribution in [1.29, 1.82) is 0 Å². The number of ether oxygens (including phenoxy) is 1. The minimum absolute atomic E-state index is 0.00867. The van der Waals surface area contributed by atoms with Gasteiger partial charge in [-0.05, 0) is 25.3 Å². The number of anilines is 1. The number of H-pyrrole nitrogens is 1. The molecule has 1 fully saturated rings. The van der Waals surface area contributed by atoms with E-state index in [0.29, 0.717) is 13.1 Å². The van der Waals surface area contributed by atoms with Crippen molar-refractivity contribution in [2.24, 2.45) is 0 Å². The Morgan fingerprint density at radius 3 is 2.96 bits per heavy atom. The Labute approximate surface area is 151 Å². The molecule has 2 aromatic rings. The van der Waals surface area contributed by atoms with E-state index in [2.05, 4.69) is 10.2 Å². The van der Waals surface area contributed by atoms with Crippen LogP contribution >= 0.6 is 0 Å². The fraction of sp³-hybridized carbons (Fsp3) is 0.421. The van der Waals surface area contributed by atoms with Crippen LogP contribution in [0.5, 0.6) is 0 Å².